The second kappa shape index (κ2) is 27.3. The van der Waals surface area contributed by atoms with Crippen LogP contribution in [0.2, 0.25) is 0 Å². The second-order valence-electron chi connectivity index (χ2n) is 11.3. The lowest BCUT2D eigenvalue weighted by Crippen LogP contribution is -2.23. The van der Waals surface area contributed by atoms with Crippen molar-refractivity contribution in [3.8, 4) is 0 Å². The number of Topliss-reactive ketones (excluding diaryl/α,β-unsaturated/α-hetero) is 1. The molecule has 34 heavy (non-hydrogen) atoms. The van der Waals surface area contributed by atoms with E-state index in [-0.39, 0.29) is 0 Å². The Morgan fingerprint density at radius 1 is 0.382 bits per heavy atom. The van der Waals surface area contributed by atoms with Gasteiger partial charge in [0.05, 0.1) is 0 Å². The van der Waals surface area contributed by atoms with Gasteiger partial charge in [0.1, 0.15) is 5.78 Å². The quantitative estimate of drug-likeness (QED) is 0.102. The fraction of sp³-hybridized carbons (Fsp3) is 0.970. The average molecular weight is 479 g/mol. The number of rotatable bonds is 28. The fourth-order valence-electron chi connectivity index (χ4n) is 5.54. The van der Waals surface area contributed by atoms with Crippen molar-refractivity contribution >= 4 is 5.78 Å². The van der Waals surface area contributed by atoms with E-state index < -0.39 is 0 Å². The molecule has 0 aliphatic heterocycles. The van der Waals surface area contributed by atoms with Crippen LogP contribution in [0.5, 0.6) is 0 Å². The topological polar surface area (TPSA) is 17.1 Å². The molecule has 2 atom stereocenters. The molecule has 0 aliphatic rings. The Labute approximate surface area is 217 Å². The summed E-state index contributed by atoms with van der Waals surface area (Å²) in [6.45, 7) is 9.04. The molecule has 0 heterocycles. The van der Waals surface area contributed by atoms with Gasteiger partial charge in [0.15, 0.2) is 0 Å². The third-order valence-corrected chi connectivity index (χ3v) is 8.10. The standard InChI is InChI=1S/C33H66O/c1-5-9-11-13-15-17-19-21-23-25-27-29-31(7-3)33(34)32(8-4)30-28-26-24-22-20-18-16-14-12-10-6-2/h31-32H,5-30H2,1-4H3. The molecule has 0 saturated heterocycles. The minimum Gasteiger partial charge on any atom is -0.299 e. The van der Waals surface area contributed by atoms with Crippen LogP contribution >= 0.6 is 0 Å². The molecule has 0 spiro atoms. The maximum absolute atomic E-state index is 13.1. The van der Waals surface area contributed by atoms with Gasteiger partial charge in [-0.05, 0) is 25.7 Å². The van der Waals surface area contributed by atoms with E-state index in [1.54, 1.807) is 0 Å². The molecule has 0 amide bonds. The van der Waals surface area contributed by atoms with Gasteiger partial charge in [0, 0.05) is 11.8 Å². The van der Waals surface area contributed by atoms with E-state index in [1.807, 2.05) is 0 Å². The number of carbonyl (C=O) groups is 1. The van der Waals surface area contributed by atoms with Crippen LogP contribution in [-0.2, 0) is 4.79 Å². The SMILES string of the molecule is CCCCCCCCCCCCCC(CC)C(=O)C(CC)CCCCCCCCCCCCC. The molecule has 0 radical (unpaired) electrons. The zero-order valence-electron chi connectivity index (χ0n) is 24.4. The summed E-state index contributed by atoms with van der Waals surface area (Å²) in [6.07, 6.45) is 34.9. The van der Waals surface area contributed by atoms with Crippen LogP contribution in [0.15, 0.2) is 0 Å². The number of carbonyl (C=O) groups excluding carboxylic acids is 1. The van der Waals surface area contributed by atoms with E-state index >= 15 is 0 Å². The second-order valence-corrected chi connectivity index (χ2v) is 11.3. The number of unbranched alkanes of at least 4 members (excludes halogenated alkanes) is 20. The first-order valence-electron chi connectivity index (χ1n) is 16.2. The molecule has 2 unspecified atom stereocenters. The van der Waals surface area contributed by atoms with E-state index in [0.29, 0.717) is 17.6 Å². The first kappa shape index (κ1) is 33.7. The zero-order valence-corrected chi connectivity index (χ0v) is 24.4. The van der Waals surface area contributed by atoms with Crippen molar-refractivity contribution in [1.82, 2.24) is 0 Å². The summed E-state index contributed by atoms with van der Waals surface area (Å²) in [5.41, 5.74) is 0. The fourth-order valence-corrected chi connectivity index (χ4v) is 5.54. The molecule has 0 fully saturated rings. The molecular formula is C33H66O. The maximum Gasteiger partial charge on any atom is 0.139 e. The summed E-state index contributed by atoms with van der Waals surface area (Å²) in [5, 5.41) is 0. The monoisotopic (exact) mass is 479 g/mol. The summed E-state index contributed by atoms with van der Waals surface area (Å²) in [6, 6.07) is 0. The van der Waals surface area contributed by atoms with Gasteiger partial charge in [-0.15, -0.1) is 0 Å². The van der Waals surface area contributed by atoms with Gasteiger partial charge in [0.2, 0.25) is 0 Å². The van der Waals surface area contributed by atoms with E-state index in [0.717, 1.165) is 25.7 Å². The molecule has 1 heteroatoms. The Morgan fingerprint density at radius 3 is 0.853 bits per heavy atom. The molecule has 1 nitrogen and oxygen atoms in total. The van der Waals surface area contributed by atoms with Crippen LogP contribution in [0.25, 0.3) is 0 Å². The first-order valence-corrected chi connectivity index (χ1v) is 16.2. The van der Waals surface area contributed by atoms with Crippen molar-refractivity contribution < 1.29 is 4.79 Å². The van der Waals surface area contributed by atoms with E-state index in [2.05, 4.69) is 27.7 Å². The highest BCUT2D eigenvalue weighted by atomic mass is 16.1. The predicted molar refractivity (Wildman–Crippen MR) is 155 cm³/mol. The molecule has 0 aromatic rings. The average Bonchev–Trinajstić information content (AvgIpc) is 2.85. The highest BCUT2D eigenvalue weighted by Gasteiger charge is 2.23. The van der Waals surface area contributed by atoms with Crippen LogP contribution in [-0.4, -0.2) is 5.78 Å². The van der Waals surface area contributed by atoms with Gasteiger partial charge in [-0.3, -0.25) is 4.79 Å². The molecule has 204 valence electrons. The predicted octanol–water partition coefficient (Wildman–Crippen LogP) is 12.0. The normalized spacial score (nSPS) is 13.3. The van der Waals surface area contributed by atoms with E-state index in [9.17, 15) is 4.79 Å². The smallest absolute Gasteiger partial charge is 0.139 e. The van der Waals surface area contributed by atoms with Gasteiger partial charge in [-0.25, -0.2) is 0 Å². The van der Waals surface area contributed by atoms with E-state index in [4.69, 9.17) is 0 Å². The molecule has 0 saturated carbocycles. The minimum atomic E-state index is 0.330. The lowest BCUT2D eigenvalue weighted by molar-refractivity contribution is -0.127. The third kappa shape index (κ3) is 21.0. The lowest BCUT2D eigenvalue weighted by Gasteiger charge is -2.21. The van der Waals surface area contributed by atoms with Crippen molar-refractivity contribution in [2.75, 3.05) is 0 Å². The summed E-state index contributed by atoms with van der Waals surface area (Å²) in [5.74, 6) is 1.26. The Balaban J connectivity index is 3.76. The highest BCUT2D eigenvalue weighted by Crippen LogP contribution is 2.25. The third-order valence-electron chi connectivity index (χ3n) is 8.10. The van der Waals surface area contributed by atoms with Crippen LogP contribution in [0, 0.1) is 11.8 Å². The van der Waals surface area contributed by atoms with Gasteiger partial charge in [-0.2, -0.15) is 0 Å². The van der Waals surface area contributed by atoms with Gasteiger partial charge in [0.25, 0.3) is 0 Å². The Morgan fingerprint density at radius 2 is 0.618 bits per heavy atom. The number of ketones is 1. The highest BCUT2D eigenvalue weighted by molar-refractivity contribution is 5.83. The van der Waals surface area contributed by atoms with Gasteiger partial charge in [-0.1, -0.05) is 169 Å². The molecule has 0 rings (SSSR count). The van der Waals surface area contributed by atoms with Crippen molar-refractivity contribution in [2.45, 2.75) is 195 Å². The van der Waals surface area contributed by atoms with Crippen molar-refractivity contribution in [3.63, 3.8) is 0 Å². The molecule has 0 N–H and O–H groups in total. The summed E-state index contributed by atoms with van der Waals surface area (Å²) >= 11 is 0. The summed E-state index contributed by atoms with van der Waals surface area (Å²) < 4.78 is 0. The molecule has 0 aliphatic carbocycles. The lowest BCUT2D eigenvalue weighted by atomic mass is 9.83. The van der Waals surface area contributed by atoms with Gasteiger partial charge >= 0.3 is 0 Å². The largest absolute Gasteiger partial charge is 0.299 e. The Bertz CT molecular complexity index is 365. The van der Waals surface area contributed by atoms with Crippen molar-refractivity contribution in [1.29, 1.82) is 0 Å². The molecule has 0 aromatic carbocycles. The molecule has 0 aromatic heterocycles. The van der Waals surface area contributed by atoms with Crippen molar-refractivity contribution in [2.24, 2.45) is 11.8 Å². The Kier molecular flexibility index (Phi) is 27.0. The molecular weight excluding hydrogens is 412 g/mol. The first-order chi connectivity index (χ1) is 16.7. The Hall–Kier alpha value is -0.330. The minimum absolute atomic E-state index is 0.330. The zero-order chi connectivity index (χ0) is 25.1. The van der Waals surface area contributed by atoms with Crippen LogP contribution in [0.1, 0.15) is 195 Å². The number of hydrogen-bond acceptors (Lipinski definition) is 1. The van der Waals surface area contributed by atoms with Crippen LogP contribution < -0.4 is 0 Å². The maximum atomic E-state index is 13.1. The van der Waals surface area contributed by atoms with Crippen LogP contribution in [0.3, 0.4) is 0 Å². The van der Waals surface area contributed by atoms with Gasteiger partial charge < -0.3 is 0 Å². The number of hydrogen-bond donors (Lipinski definition) is 0. The van der Waals surface area contributed by atoms with Crippen molar-refractivity contribution in [3.05, 3.63) is 0 Å². The summed E-state index contributed by atoms with van der Waals surface area (Å²) in [7, 11) is 0. The molecule has 0 bridgehead atoms. The van der Waals surface area contributed by atoms with Crippen LogP contribution in [0.4, 0.5) is 0 Å². The summed E-state index contributed by atoms with van der Waals surface area (Å²) in [4.78, 5) is 13.1. The van der Waals surface area contributed by atoms with E-state index in [1.165, 1.54) is 141 Å².